The molecule has 0 aliphatic carbocycles. The van der Waals surface area contributed by atoms with E-state index in [1.54, 1.807) is 0 Å². The molecule has 2 atom stereocenters. The molecule has 1 aromatic carbocycles. The van der Waals surface area contributed by atoms with Crippen LogP contribution in [0.5, 0.6) is 0 Å². The maximum absolute atomic E-state index is 3.48. The van der Waals surface area contributed by atoms with Crippen LogP contribution in [0.4, 0.5) is 5.69 Å². The minimum Gasteiger partial charge on any atom is -0.371 e. The Morgan fingerprint density at radius 2 is 1.67 bits per heavy atom. The van der Waals surface area contributed by atoms with E-state index in [0.29, 0.717) is 0 Å². The minimum absolute atomic E-state index is 0.881. The van der Waals surface area contributed by atoms with Gasteiger partial charge in [-0.25, -0.2) is 0 Å². The van der Waals surface area contributed by atoms with E-state index in [2.05, 4.69) is 41.4 Å². The summed E-state index contributed by atoms with van der Waals surface area (Å²) in [6, 6.07) is 8.93. The lowest BCUT2D eigenvalue weighted by molar-refractivity contribution is 0.533. The Morgan fingerprint density at radius 3 is 2.27 bits per heavy atom. The minimum atomic E-state index is 0.881. The summed E-state index contributed by atoms with van der Waals surface area (Å²) in [7, 11) is 0. The zero-order valence-corrected chi connectivity index (χ0v) is 9.24. The van der Waals surface area contributed by atoms with Crippen LogP contribution in [0.2, 0.25) is 0 Å². The highest BCUT2D eigenvalue weighted by Gasteiger charge is 2.35. The second-order valence-electron chi connectivity index (χ2n) is 4.92. The molecule has 0 aromatic heterocycles. The number of rotatable bonds is 1. The number of nitrogens with zero attached hydrogens (tertiary/aromatic N) is 1. The summed E-state index contributed by atoms with van der Waals surface area (Å²) < 4.78 is 0. The second kappa shape index (κ2) is 3.53. The van der Waals surface area contributed by atoms with Crippen LogP contribution in [0, 0.1) is 18.8 Å². The largest absolute Gasteiger partial charge is 0.371 e. The van der Waals surface area contributed by atoms with Crippen molar-refractivity contribution < 1.29 is 0 Å². The van der Waals surface area contributed by atoms with Crippen molar-refractivity contribution in [2.75, 3.05) is 31.1 Å². The van der Waals surface area contributed by atoms with Gasteiger partial charge in [0.2, 0.25) is 0 Å². The summed E-state index contributed by atoms with van der Waals surface area (Å²) in [5.41, 5.74) is 2.75. The van der Waals surface area contributed by atoms with Crippen molar-refractivity contribution in [2.45, 2.75) is 6.92 Å². The predicted molar refractivity (Wildman–Crippen MR) is 63.2 cm³/mol. The monoisotopic (exact) mass is 202 g/mol. The zero-order valence-electron chi connectivity index (χ0n) is 9.24. The highest BCUT2D eigenvalue weighted by molar-refractivity contribution is 5.48. The van der Waals surface area contributed by atoms with Crippen molar-refractivity contribution in [1.82, 2.24) is 5.32 Å². The Balaban J connectivity index is 1.76. The summed E-state index contributed by atoms with van der Waals surface area (Å²) in [4.78, 5) is 2.54. The molecule has 0 amide bonds. The third-order valence-electron chi connectivity index (χ3n) is 3.79. The average Bonchev–Trinajstić information content (AvgIpc) is 2.78. The second-order valence-corrected chi connectivity index (χ2v) is 4.92. The molecule has 2 nitrogen and oxygen atoms in total. The molecule has 0 unspecified atom stereocenters. The molecular weight excluding hydrogens is 184 g/mol. The third-order valence-corrected chi connectivity index (χ3v) is 3.79. The lowest BCUT2D eigenvalue weighted by Crippen LogP contribution is -2.25. The first kappa shape index (κ1) is 9.22. The molecule has 0 radical (unpaired) electrons. The Bertz CT molecular complexity index is 332. The predicted octanol–water partition coefficient (Wildman–Crippen LogP) is 1.65. The third kappa shape index (κ3) is 1.63. The topological polar surface area (TPSA) is 15.3 Å². The van der Waals surface area contributed by atoms with E-state index < -0.39 is 0 Å². The van der Waals surface area contributed by atoms with Crippen molar-refractivity contribution in [3.8, 4) is 0 Å². The van der Waals surface area contributed by atoms with Gasteiger partial charge in [0.1, 0.15) is 0 Å². The van der Waals surface area contributed by atoms with Crippen LogP contribution in [0.25, 0.3) is 0 Å². The molecule has 1 N–H and O–H groups in total. The van der Waals surface area contributed by atoms with Crippen molar-refractivity contribution >= 4 is 5.69 Å². The Kier molecular flexibility index (Phi) is 2.17. The molecule has 1 aromatic rings. The van der Waals surface area contributed by atoms with Crippen LogP contribution in [0.3, 0.4) is 0 Å². The van der Waals surface area contributed by atoms with Gasteiger partial charge in [-0.05, 0) is 30.9 Å². The van der Waals surface area contributed by atoms with E-state index in [9.17, 15) is 0 Å². The van der Waals surface area contributed by atoms with Gasteiger partial charge in [0.05, 0.1) is 0 Å². The number of benzene rings is 1. The molecule has 0 saturated carbocycles. The molecule has 2 fully saturated rings. The molecule has 15 heavy (non-hydrogen) atoms. The fourth-order valence-electron chi connectivity index (χ4n) is 2.82. The number of nitrogens with one attached hydrogen (secondary N) is 1. The number of anilines is 1. The van der Waals surface area contributed by atoms with E-state index in [-0.39, 0.29) is 0 Å². The lowest BCUT2D eigenvalue weighted by Gasteiger charge is -2.19. The lowest BCUT2D eigenvalue weighted by atomic mass is 10.0. The maximum atomic E-state index is 3.48. The summed E-state index contributed by atoms with van der Waals surface area (Å²) in [5, 5.41) is 3.48. The first-order valence-electron chi connectivity index (χ1n) is 5.85. The fraction of sp³-hybridized carbons (Fsp3) is 0.538. The standard InChI is InChI=1S/C13H18N2/c1-10-2-4-13(5-3-10)15-8-11-6-14-7-12(11)9-15/h2-5,11-12,14H,6-9H2,1H3/t11-,12-/m0/s1. The molecule has 2 saturated heterocycles. The van der Waals surface area contributed by atoms with Gasteiger partial charge >= 0.3 is 0 Å². The van der Waals surface area contributed by atoms with E-state index in [0.717, 1.165) is 11.8 Å². The van der Waals surface area contributed by atoms with Crippen LogP contribution >= 0.6 is 0 Å². The number of hydrogen-bond donors (Lipinski definition) is 1. The molecule has 0 bridgehead atoms. The van der Waals surface area contributed by atoms with Gasteiger partial charge in [0.25, 0.3) is 0 Å². The molecule has 2 aliphatic rings. The average molecular weight is 202 g/mol. The van der Waals surface area contributed by atoms with E-state index in [4.69, 9.17) is 0 Å². The smallest absolute Gasteiger partial charge is 0.0366 e. The molecule has 2 aliphatic heterocycles. The zero-order chi connectivity index (χ0) is 10.3. The SMILES string of the molecule is Cc1ccc(N2C[C@@H]3CNC[C@H]3C2)cc1. The van der Waals surface area contributed by atoms with Gasteiger partial charge in [-0.3, -0.25) is 0 Å². The Labute approximate surface area is 91.3 Å². The molecule has 2 heterocycles. The van der Waals surface area contributed by atoms with E-state index in [1.165, 1.54) is 37.4 Å². The van der Waals surface area contributed by atoms with Crippen molar-refractivity contribution in [3.63, 3.8) is 0 Å². The molecule has 0 spiro atoms. The summed E-state index contributed by atoms with van der Waals surface area (Å²) in [6.45, 7) is 7.05. The van der Waals surface area contributed by atoms with Gasteiger partial charge in [-0.2, -0.15) is 0 Å². The number of aryl methyl sites for hydroxylation is 1. The maximum Gasteiger partial charge on any atom is 0.0366 e. The van der Waals surface area contributed by atoms with Gasteiger partial charge < -0.3 is 10.2 Å². The highest BCUT2D eigenvalue weighted by Crippen LogP contribution is 2.30. The van der Waals surface area contributed by atoms with Crippen LogP contribution < -0.4 is 10.2 Å². The number of hydrogen-bond acceptors (Lipinski definition) is 2. The van der Waals surface area contributed by atoms with Crippen molar-refractivity contribution in [3.05, 3.63) is 29.8 Å². The van der Waals surface area contributed by atoms with Crippen LogP contribution in [-0.4, -0.2) is 26.2 Å². The quantitative estimate of drug-likeness (QED) is 0.745. The van der Waals surface area contributed by atoms with Crippen LogP contribution in [0.1, 0.15) is 5.56 Å². The van der Waals surface area contributed by atoms with Gasteiger partial charge in [0, 0.05) is 31.9 Å². The van der Waals surface area contributed by atoms with Crippen LogP contribution in [-0.2, 0) is 0 Å². The van der Waals surface area contributed by atoms with Crippen molar-refractivity contribution in [1.29, 1.82) is 0 Å². The van der Waals surface area contributed by atoms with Crippen molar-refractivity contribution in [2.24, 2.45) is 11.8 Å². The van der Waals surface area contributed by atoms with Gasteiger partial charge in [-0.15, -0.1) is 0 Å². The first-order valence-corrected chi connectivity index (χ1v) is 5.85. The van der Waals surface area contributed by atoms with Crippen LogP contribution in [0.15, 0.2) is 24.3 Å². The summed E-state index contributed by atoms with van der Waals surface area (Å²) in [5.74, 6) is 1.76. The molecular formula is C13H18N2. The van der Waals surface area contributed by atoms with Gasteiger partial charge in [0.15, 0.2) is 0 Å². The Morgan fingerprint density at radius 1 is 1.07 bits per heavy atom. The molecule has 2 heteroatoms. The summed E-state index contributed by atoms with van der Waals surface area (Å²) >= 11 is 0. The van der Waals surface area contributed by atoms with E-state index in [1.807, 2.05) is 0 Å². The highest BCUT2D eigenvalue weighted by atomic mass is 15.2. The molecule has 3 rings (SSSR count). The fourth-order valence-corrected chi connectivity index (χ4v) is 2.82. The normalized spacial score (nSPS) is 29.5. The first-order chi connectivity index (χ1) is 7.33. The van der Waals surface area contributed by atoms with Gasteiger partial charge in [-0.1, -0.05) is 17.7 Å². The van der Waals surface area contributed by atoms with E-state index >= 15 is 0 Å². The summed E-state index contributed by atoms with van der Waals surface area (Å²) in [6.07, 6.45) is 0. The number of fused-ring (bicyclic) bond motifs is 1. The Hall–Kier alpha value is -1.02. The molecule has 80 valence electrons.